The molecule has 0 heterocycles. The molecule has 0 saturated heterocycles. The Balaban J connectivity index is 0.00000124. The lowest BCUT2D eigenvalue weighted by Crippen LogP contribution is -2.50. The molecule has 4 aliphatic rings. The molecule has 0 aromatic rings. The van der Waals surface area contributed by atoms with Crippen LogP contribution >= 0.6 is 0 Å². The molecule has 8 atom stereocenters. The van der Waals surface area contributed by atoms with Crippen LogP contribution in [0.15, 0.2) is 11.6 Å². The quantitative estimate of drug-likeness (QED) is 0.279. The van der Waals surface area contributed by atoms with Crippen LogP contribution in [0, 0.1) is 46.3 Å². The second-order valence-electron chi connectivity index (χ2n) is 12.2. The van der Waals surface area contributed by atoms with Crippen molar-refractivity contribution in [3.63, 3.8) is 0 Å². The Morgan fingerprint density at radius 2 is 1.73 bits per heavy atom. The summed E-state index contributed by atoms with van der Waals surface area (Å²) >= 11 is 0. The van der Waals surface area contributed by atoms with Gasteiger partial charge in [-0.25, -0.2) is 5.26 Å². The van der Waals surface area contributed by atoms with Gasteiger partial charge < -0.3 is 5.11 Å². The smallest absolute Gasteiger partial charge is 0.0577 e. The van der Waals surface area contributed by atoms with Crippen molar-refractivity contribution >= 4 is 0 Å². The molecule has 0 amide bonds. The number of hydrogen-bond donors (Lipinski definition) is 2. The average Bonchev–Trinajstić information content (AvgIpc) is 3.07. The van der Waals surface area contributed by atoms with Gasteiger partial charge in [0.2, 0.25) is 0 Å². The van der Waals surface area contributed by atoms with Crippen molar-refractivity contribution in [3.05, 3.63) is 11.6 Å². The van der Waals surface area contributed by atoms with Crippen molar-refractivity contribution in [2.24, 2.45) is 46.3 Å². The molecule has 3 saturated carbocycles. The number of aliphatic hydroxyl groups excluding tert-OH is 1. The molecule has 0 aromatic carbocycles. The largest absolute Gasteiger partial charge is 0.393 e. The summed E-state index contributed by atoms with van der Waals surface area (Å²) in [4.78, 5) is 0. The minimum absolute atomic E-state index is 0.0766. The van der Waals surface area contributed by atoms with Gasteiger partial charge in [-0.15, -0.1) is 0 Å². The normalized spacial score (nSPS) is 43.6. The van der Waals surface area contributed by atoms with E-state index in [1.165, 1.54) is 57.8 Å². The fourth-order valence-electron chi connectivity index (χ4n) is 8.67. The van der Waals surface area contributed by atoms with Gasteiger partial charge in [0.15, 0.2) is 0 Å². The van der Waals surface area contributed by atoms with E-state index in [2.05, 4.69) is 40.7 Å². The van der Waals surface area contributed by atoms with E-state index in [1.54, 1.807) is 5.57 Å². The predicted molar refractivity (Wildman–Crippen MR) is 122 cm³/mol. The highest BCUT2D eigenvalue weighted by atomic mass is 17.0. The second-order valence-corrected chi connectivity index (χ2v) is 12.2. The summed E-state index contributed by atoms with van der Waals surface area (Å²) in [6.45, 7) is 12.6. The Morgan fingerprint density at radius 3 is 2.43 bits per heavy atom. The van der Waals surface area contributed by atoms with E-state index in [0.717, 1.165) is 48.3 Å². The Bertz CT molecular complexity index is 599. The zero-order valence-electron chi connectivity index (χ0n) is 20.2. The lowest BCUT2D eigenvalue weighted by Gasteiger charge is -2.58. The molecule has 3 fully saturated rings. The van der Waals surface area contributed by atoms with Crippen LogP contribution in [0.2, 0.25) is 0 Å². The Kier molecular flexibility index (Phi) is 7.79. The topological polar surface area (TPSA) is 60.4 Å². The van der Waals surface area contributed by atoms with E-state index >= 15 is 0 Å². The van der Waals surface area contributed by atoms with Crippen LogP contribution < -0.4 is 0 Å². The van der Waals surface area contributed by atoms with Crippen molar-refractivity contribution in [3.8, 4) is 0 Å². The van der Waals surface area contributed by atoms with Gasteiger partial charge in [0.05, 0.1) is 6.10 Å². The lowest BCUT2D eigenvalue weighted by atomic mass is 9.47. The third-order valence-electron chi connectivity index (χ3n) is 10.3. The van der Waals surface area contributed by atoms with Crippen molar-refractivity contribution in [2.45, 2.75) is 111 Å². The van der Waals surface area contributed by atoms with Crippen LogP contribution in [0.1, 0.15) is 105 Å². The third kappa shape index (κ3) is 4.28. The van der Waals surface area contributed by atoms with Gasteiger partial charge in [-0.05, 0) is 103 Å². The van der Waals surface area contributed by atoms with Gasteiger partial charge in [-0.2, -0.15) is 0 Å². The molecule has 2 N–H and O–H groups in total. The monoisotopic (exact) mass is 419 g/mol. The van der Waals surface area contributed by atoms with Crippen LogP contribution in [0.4, 0.5) is 0 Å². The summed E-state index contributed by atoms with van der Waals surface area (Å²) in [7, 11) is 0. The zero-order chi connectivity index (χ0) is 22.1. The minimum atomic E-state index is -0.0766. The Labute approximate surface area is 185 Å². The van der Waals surface area contributed by atoms with Gasteiger partial charge in [0.1, 0.15) is 0 Å². The molecule has 173 valence electrons. The molecule has 0 aromatic heterocycles. The van der Waals surface area contributed by atoms with E-state index in [4.69, 9.17) is 10.5 Å². The minimum Gasteiger partial charge on any atom is -0.393 e. The Hall–Kier alpha value is -0.380. The number of aliphatic hydroxyl groups is 1. The fraction of sp³-hybridized carbons (Fsp3) is 0.926. The van der Waals surface area contributed by atoms with E-state index < -0.39 is 0 Å². The van der Waals surface area contributed by atoms with Gasteiger partial charge in [0.25, 0.3) is 0 Å². The van der Waals surface area contributed by atoms with Crippen molar-refractivity contribution < 1.29 is 15.6 Å². The van der Waals surface area contributed by atoms with Gasteiger partial charge in [0, 0.05) is 0 Å². The molecule has 4 aliphatic carbocycles. The molecule has 0 spiro atoms. The molecule has 3 heteroatoms. The number of rotatable bonds is 5. The summed E-state index contributed by atoms with van der Waals surface area (Å²) in [5.74, 6) is 5.46. The second kappa shape index (κ2) is 9.63. The van der Waals surface area contributed by atoms with E-state index in [1.807, 2.05) is 0 Å². The first kappa shape index (κ1) is 24.3. The number of hydrogen-bond acceptors (Lipinski definition) is 2. The highest BCUT2D eigenvalue weighted by Gasteiger charge is 2.59. The maximum absolute atomic E-state index is 10.2. The molecule has 0 unspecified atom stereocenters. The standard InChI is InChI=1S/C27H46O.HO2/c1-18(2)7-6-8-19(3)23-11-12-24-22-10-9-20-17-21(28)13-15-26(20,4)25(22)14-16-27(23,24)5;1-2/h9,18-19,21-25,28H,6-8,10-17H2,1-5H3;1H/t19-,21+,22+,23-,24+,25+,26+,27-;/m1./s1. The Morgan fingerprint density at radius 1 is 1.00 bits per heavy atom. The summed E-state index contributed by atoms with van der Waals surface area (Å²) in [5.41, 5.74) is 2.60. The van der Waals surface area contributed by atoms with Crippen molar-refractivity contribution in [2.75, 3.05) is 0 Å². The van der Waals surface area contributed by atoms with Crippen molar-refractivity contribution in [1.29, 1.82) is 0 Å². The highest BCUT2D eigenvalue weighted by Crippen LogP contribution is 2.67. The van der Waals surface area contributed by atoms with Crippen LogP contribution in [-0.4, -0.2) is 16.5 Å². The van der Waals surface area contributed by atoms with Gasteiger partial charge >= 0.3 is 0 Å². The lowest BCUT2D eigenvalue weighted by molar-refractivity contribution is -0.247. The first-order chi connectivity index (χ1) is 14.3. The molecule has 0 bridgehead atoms. The maximum Gasteiger partial charge on any atom is 0.0577 e. The molecule has 4 rings (SSSR count). The van der Waals surface area contributed by atoms with Crippen LogP contribution in [0.25, 0.3) is 0 Å². The predicted octanol–water partition coefficient (Wildman–Crippen LogP) is 7.28. The molecule has 0 aliphatic heterocycles. The van der Waals surface area contributed by atoms with E-state index in [0.29, 0.717) is 10.8 Å². The van der Waals surface area contributed by atoms with Gasteiger partial charge in [-0.1, -0.05) is 65.5 Å². The van der Waals surface area contributed by atoms with Gasteiger partial charge in [-0.3, -0.25) is 0 Å². The van der Waals surface area contributed by atoms with Crippen molar-refractivity contribution in [1.82, 2.24) is 0 Å². The SMILES string of the molecule is CC(C)CCC[C@@H](C)[C@H]1CC[C@H]2[C@@H]3CC=C4C[C@@H](O)CC[C@]4(C)[C@H]3CC[C@]12C.[O]O. The van der Waals surface area contributed by atoms with Crippen LogP contribution in [-0.2, 0) is 5.26 Å². The summed E-state index contributed by atoms with van der Waals surface area (Å²) < 4.78 is 0. The van der Waals surface area contributed by atoms with E-state index in [9.17, 15) is 5.11 Å². The molecule has 3 nitrogen and oxygen atoms in total. The average molecular weight is 420 g/mol. The van der Waals surface area contributed by atoms with Crippen LogP contribution in [0.5, 0.6) is 0 Å². The molecular weight excluding hydrogens is 372 g/mol. The molecular formula is C27H47O3. The molecule has 30 heavy (non-hydrogen) atoms. The number of fused-ring (bicyclic) bond motifs is 5. The number of allylic oxidation sites excluding steroid dienone is 1. The third-order valence-corrected chi connectivity index (χ3v) is 10.3. The first-order valence-electron chi connectivity index (χ1n) is 12.8. The maximum atomic E-state index is 10.2. The zero-order valence-corrected chi connectivity index (χ0v) is 20.2. The fourth-order valence-corrected chi connectivity index (χ4v) is 8.67. The highest BCUT2D eigenvalue weighted by molar-refractivity contribution is 5.25. The summed E-state index contributed by atoms with van der Waals surface area (Å²) in [6.07, 6.45) is 17.2. The molecule has 1 radical (unpaired) electrons. The van der Waals surface area contributed by atoms with E-state index in [-0.39, 0.29) is 6.10 Å². The van der Waals surface area contributed by atoms with Crippen LogP contribution in [0.3, 0.4) is 0 Å². The first-order valence-corrected chi connectivity index (χ1v) is 12.8. The summed E-state index contributed by atoms with van der Waals surface area (Å²) in [5, 5.41) is 23.2. The summed E-state index contributed by atoms with van der Waals surface area (Å²) in [6, 6.07) is 0.